The summed E-state index contributed by atoms with van der Waals surface area (Å²) in [6.07, 6.45) is 0. The van der Waals surface area contributed by atoms with Gasteiger partial charge >= 0.3 is 0 Å². The predicted molar refractivity (Wildman–Crippen MR) is 65.8 cm³/mol. The Balaban J connectivity index is 2.67. The van der Waals surface area contributed by atoms with E-state index in [0.29, 0.717) is 0 Å². The molecule has 1 aromatic rings. The number of benzene rings is 1. The summed E-state index contributed by atoms with van der Waals surface area (Å²) in [6, 6.07) is 8.58. The number of rotatable bonds is 4. The fraction of sp³-hybridized carbons (Fsp3) is 0.455. The summed E-state index contributed by atoms with van der Waals surface area (Å²) in [6.45, 7) is 7.74. The van der Waals surface area contributed by atoms with Gasteiger partial charge in [0.1, 0.15) is 0 Å². The molecular weight excluding hydrogens is 271 g/mol. The van der Waals surface area contributed by atoms with Crippen molar-refractivity contribution in [1.82, 2.24) is 4.90 Å². The Bertz CT molecular complexity index is 256. The molecule has 0 aromatic heterocycles. The molecule has 1 rings (SSSR count). The second kappa shape index (κ2) is 5.60. The molecule has 0 unspecified atom stereocenters. The maximum absolute atomic E-state index is 2.43. The van der Waals surface area contributed by atoms with Crippen molar-refractivity contribution in [3.05, 3.63) is 33.4 Å². The normalized spacial score (nSPS) is 10.8. The summed E-state index contributed by atoms with van der Waals surface area (Å²) in [4.78, 5) is 2.43. The molecular formula is C11H16IN. The third-order valence-electron chi connectivity index (χ3n) is 2.25. The molecule has 1 nitrogen and oxygen atoms in total. The van der Waals surface area contributed by atoms with E-state index in [1.54, 1.807) is 0 Å². The van der Waals surface area contributed by atoms with E-state index < -0.39 is 0 Å². The van der Waals surface area contributed by atoms with E-state index >= 15 is 0 Å². The lowest BCUT2D eigenvalue weighted by molar-refractivity contribution is 0.295. The first kappa shape index (κ1) is 11.0. The van der Waals surface area contributed by atoms with Crippen molar-refractivity contribution in [2.24, 2.45) is 0 Å². The van der Waals surface area contributed by atoms with Crippen LogP contribution >= 0.6 is 22.6 Å². The third-order valence-corrected chi connectivity index (χ3v) is 3.30. The lowest BCUT2D eigenvalue weighted by Crippen LogP contribution is -2.22. The van der Waals surface area contributed by atoms with Crippen LogP contribution < -0.4 is 0 Å². The predicted octanol–water partition coefficient (Wildman–Crippen LogP) is 3.13. The summed E-state index contributed by atoms with van der Waals surface area (Å²) >= 11 is 2.40. The molecule has 0 spiro atoms. The van der Waals surface area contributed by atoms with Crippen molar-refractivity contribution < 1.29 is 0 Å². The Morgan fingerprint density at radius 2 is 1.77 bits per heavy atom. The van der Waals surface area contributed by atoms with Crippen LogP contribution in [-0.2, 0) is 6.54 Å². The molecule has 0 aliphatic carbocycles. The van der Waals surface area contributed by atoms with Gasteiger partial charge in [-0.15, -0.1) is 0 Å². The van der Waals surface area contributed by atoms with Gasteiger partial charge in [-0.05, 0) is 47.3 Å². The molecule has 0 saturated carbocycles. The number of hydrogen-bond acceptors (Lipinski definition) is 1. The lowest BCUT2D eigenvalue weighted by atomic mass is 10.2. The summed E-state index contributed by atoms with van der Waals surface area (Å²) < 4.78 is 1.37. The Morgan fingerprint density at radius 3 is 2.31 bits per heavy atom. The van der Waals surface area contributed by atoms with Gasteiger partial charge in [-0.2, -0.15) is 0 Å². The molecule has 0 bridgehead atoms. The fourth-order valence-corrected chi connectivity index (χ4v) is 1.87. The van der Waals surface area contributed by atoms with Gasteiger partial charge < -0.3 is 0 Å². The van der Waals surface area contributed by atoms with Crippen molar-refractivity contribution in [3.63, 3.8) is 0 Å². The molecule has 0 N–H and O–H groups in total. The monoisotopic (exact) mass is 287 g/mol. The van der Waals surface area contributed by atoms with Crippen molar-refractivity contribution in [1.29, 1.82) is 0 Å². The van der Waals surface area contributed by atoms with Crippen LogP contribution in [0.2, 0.25) is 0 Å². The van der Waals surface area contributed by atoms with Gasteiger partial charge in [0.15, 0.2) is 0 Å². The number of halogens is 1. The minimum Gasteiger partial charge on any atom is -0.300 e. The summed E-state index contributed by atoms with van der Waals surface area (Å²) in [5, 5.41) is 0. The van der Waals surface area contributed by atoms with Gasteiger partial charge in [-0.3, -0.25) is 4.90 Å². The van der Waals surface area contributed by atoms with E-state index in [-0.39, 0.29) is 0 Å². The van der Waals surface area contributed by atoms with Crippen LogP contribution in [0.1, 0.15) is 19.4 Å². The average Bonchev–Trinajstić information content (AvgIpc) is 2.17. The standard InChI is InChI=1S/C11H16IN/c1-3-13(4-2)9-10-7-5-6-8-11(10)12/h5-8H,3-4,9H2,1-2H3/i12-2. The zero-order valence-electron chi connectivity index (χ0n) is 8.26. The zero-order chi connectivity index (χ0) is 9.68. The van der Waals surface area contributed by atoms with E-state index in [9.17, 15) is 0 Å². The molecule has 0 saturated heterocycles. The second-order valence-electron chi connectivity index (χ2n) is 3.05. The highest BCUT2D eigenvalue weighted by molar-refractivity contribution is 14.1. The minimum absolute atomic E-state index is 1.08. The molecule has 0 heterocycles. The molecule has 0 amide bonds. The van der Waals surface area contributed by atoms with Crippen molar-refractivity contribution >= 4 is 22.6 Å². The smallest absolute Gasteiger partial charge is 0.0244 e. The van der Waals surface area contributed by atoms with Gasteiger partial charge in [0.2, 0.25) is 0 Å². The van der Waals surface area contributed by atoms with Crippen LogP contribution in [0.4, 0.5) is 0 Å². The van der Waals surface area contributed by atoms with E-state index in [1.807, 2.05) is 0 Å². The first-order chi connectivity index (χ1) is 6.27. The van der Waals surface area contributed by atoms with Crippen LogP contribution in [0, 0.1) is 3.57 Å². The van der Waals surface area contributed by atoms with E-state index in [0.717, 1.165) is 19.6 Å². The topological polar surface area (TPSA) is 3.24 Å². The van der Waals surface area contributed by atoms with Gasteiger partial charge in [0, 0.05) is 10.1 Å². The Kier molecular flexibility index (Phi) is 4.73. The zero-order valence-corrected chi connectivity index (χ0v) is 10.4. The maximum atomic E-state index is 2.43. The van der Waals surface area contributed by atoms with Crippen molar-refractivity contribution in [3.8, 4) is 0 Å². The van der Waals surface area contributed by atoms with Crippen LogP contribution in [-0.4, -0.2) is 18.0 Å². The quantitative estimate of drug-likeness (QED) is 0.769. The Hall–Kier alpha value is -0.0900. The molecule has 0 atom stereocenters. The first-order valence-corrected chi connectivity index (χ1v) is 5.81. The van der Waals surface area contributed by atoms with E-state index in [1.165, 1.54) is 9.13 Å². The first-order valence-electron chi connectivity index (χ1n) is 4.73. The van der Waals surface area contributed by atoms with Gasteiger partial charge in [0.05, 0.1) is 0 Å². The Morgan fingerprint density at radius 1 is 1.15 bits per heavy atom. The maximum Gasteiger partial charge on any atom is 0.0244 e. The average molecular weight is 287 g/mol. The molecule has 1 aromatic carbocycles. The number of hydrogen-bond donors (Lipinski definition) is 0. The molecule has 13 heavy (non-hydrogen) atoms. The summed E-state index contributed by atoms with van der Waals surface area (Å²) in [7, 11) is 0. The molecule has 0 aliphatic heterocycles. The van der Waals surface area contributed by atoms with Gasteiger partial charge in [-0.25, -0.2) is 0 Å². The minimum atomic E-state index is 1.08. The molecule has 72 valence electrons. The highest BCUT2D eigenvalue weighted by atomic mass is 125. The highest BCUT2D eigenvalue weighted by Crippen LogP contribution is 2.13. The van der Waals surface area contributed by atoms with Gasteiger partial charge in [-0.1, -0.05) is 32.0 Å². The van der Waals surface area contributed by atoms with Crippen molar-refractivity contribution in [2.45, 2.75) is 20.4 Å². The second-order valence-corrected chi connectivity index (χ2v) is 4.21. The highest BCUT2D eigenvalue weighted by Gasteiger charge is 2.02. The van der Waals surface area contributed by atoms with Crippen LogP contribution in [0.5, 0.6) is 0 Å². The molecule has 0 fully saturated rings. The van der Waals surface area contributed by atoms with E-state index in [2.05, 4.69) is 65.6 Å². The Labute approximate surface area is 94.3 Å². The van der Waals surface area contributed by atoms with Gasteiger partial charge in [0.25, 0.3) is 0 Å². The van der Waals surface area contributed by atoms with Crippen LogP contribution in [0.25, 0.3) is 0 Å². The number of nitrogens with zero attached hydrogens (tertiary/aromatic N) is 1. The lowest BCUT2D eigenvalue weighted by Gasteiger charge is -2.18. The fourth-order valence-electron chi connectivity index (χ4n) is 1.31. The largest absolute Gasteiger partial charge is 0.300 e. The third kappa shape index (κ3) is 3.27. The summed E-state index contributed by atoms with van der Waals surface area (Å²) in [5.74, 6) is 0. The van der Waals surface area contributed by atoms with E-state index in [4.69, 9.17) is 0 Å². The van der Waals surface area contributed by atoms with Crippen molar-refractivity contribution in [2.75, 3.05) is 13.1 Å². The molecule has 0 radical (unpaired) electrons. The summed E-state index contributed by atoms with van der Waals surface area (Å²) in [5.41, 5.74) is 1.44. The van der Waals surface area contributed by atoms with Crippen LogP contribution in [0.3, 0.4) is 0 Å². The molecule has 0 aliphatic rings. The molecule has 2 heteroatoms. The SMILES string of the molecule is CCN(CC)Cc1ccccc1[125I]. The van der Waals surface area contributed by atoms with Crippen LogP contribution in [0.15, 0.2) is 24.3 Å².